The lowest BCUT2D eigenvalue weighted by Gasteiger charge is -2.14. The van der Waals surface area contributed by atoms with Crippen molar-refractivity contribution >= 4 is 22.0 Å². The second kappa shape index (κ2) is 9.19. The van der Waals surface area contributed by atoms with Gasteiger partial charge in [-0.25, -0.2) is 4.79 Å². The average molecular weight is 460 g/mol. The molecule has 1 aliphatic rings. The summed E-state index contributed by atoms with van der Waals surface area (Å²) in [6.07, 6.45) is 0.459. The van der Waals surface area contributed by atoms with Gasteiger partial charge in [-0.15, -0.1) is 0 Å². The number of benzene rings is 3. The van der Waals surface area contributed by atoms with Gasteiger partial charge >= 0.3 is 6.09 Å². The molecule has 0 aliphatic heterocycles. The number of nitrogens with one attached hydrogen (secondary N) is 1. The molecule has 0 saturated heterocycles. The molecule has 1 amide bonds. The van der Waals surface area contributed by atoms with Gasteiger partial charge in [0.25, 0.3) is 0 Å². The van der Waals surface area contributed by atoms with E-state index in [0.717, 1.165) is 16.5 Å². The van der Waals surface area contributed by atoms with E-state index in [9.17, 15) is 4.79 Å². The summed E-state index contributed by atoms with van der Waals surface area (Å²) in [5.74, 6) is 6.20. The van der Waals surface area contributed by atoms with E-state index in [4.69, 9.17) is 4.74 Å². The zero-order chi connectivity index (χ0) is 20.9. The van der Waals surface area contributed by atoms with Gasteiger partial charge in [0.05, 0.1) is 6.54 Å². The van der Waals surface area contributed by atoms with Crippen LogP contribution in [0.25, 0.3) is 11.1 Å². The summed E-state index contributed by atoms with van der Waals surface area (Å²) in [5.41, 5.74) is 7.00. The van der Waals surface area contributed by atoms with Gasteiger partial charge in [0, 0.05) is 16.0 Å². The van der Waals surface area contributed by atoms with Crippen molar-refractivity contribution in [1.82, 2.24) is 5.32 Å². The first-order chi connectivity index (χ1) is 14.7. The van der Waals surface area contributed by atoms with E-state index >= 15 is 0 Å². The lowest BCUT2D eigenvalue weighted by molar-refractivity contribution is 0.144. The predicted octanol–water partition coefficient (Wildman–Crippen LogP) is 5.90. The van der Waals surface area contributed by atoms with Crippen molar-refractivity contribution in [2.45, 2.75) is 19.3 Å². The third-order valence-electron chi connectivity index (χ3n) is 5.34. The van der Waals surface area contributed by atoms with E-state index in [1.807, 2.05) is 36.4 Å². The smallest absolute Gasteiger partial charge is 0.407 e. The Balaban J connectivity index is 1.35. The summed E-state index contributed by atoms with van der Waals surface area (Å²) >= 11 is 3.48. The third kappa shape index (κ3) is 4.27. The Morgan fingerprint density at radius 2 is 1.70 bits per heavy atom. The molecule has 0 bridgehead atoms. The molecule has 0 radical (unpaired) electrons. The molecule has 30 heavy (non-hydrogen) atoms. The van der Waals surface area contributed by atoms with Gasteiger partial charge in [-0.1, -0.05) is 83.2 Å². The van der Waals surface area contributed by atoms with E-state index in [2.05, 4.69) is 70.3 Å². The molecule has 0 saturated carbocycles. The van der Waals surface area contributed by atoms with Crippen molar-refractivity contribution < 1.29 is 9.53 Å². The molecule has 4 rings (SSSR count). The molecule has 3 aromatic rings. The highest BCUT2D eigenvalue weighted by molar-refractivity contribution is 9.10. The topological polar surface area (TPSA) is 38.3 Å². The molecule has 150 valence electrons. The number of carbonyl (C=O) groups is 1. The van der Waals surface area contributed by atoms with E-state index in [-0.39, 0.29) is 12.5 Å². The minimum absolute atomic E-state index is 0.0594. The van der Waals surface area contributed by atoms with Crippen LogP contribution >= 0.6 is 15.9 Å². The predicted molar refractivity (Wildman–Crippen MR) is 123 cm³/mol. The van der Waals surface area contributed by atoms with E-state index in [1.165, 1.54) is 27.8 Å². The van der Waals surface area contributed by atoms with Crippen LogP contribution in [-0.2, 0) is 11.2 Å². The Bertz CT molecular complexity index is 1100. The van der Waals surface area contributed by atoms with Gasteiger partial charge in [0.15, 0.2) is 0 Å². The SMILES string of the molecule is CCc1cc(Br)ccc1C#CCNC(=O)OCC1c2ccccc2-c2ccccc21. The third-order valence-corrected chi connectivity index (χ3v) is 5.83. The van der Waals surface area contributed by atoms with E-state index < -0.39 is 6.09 Å². The van der Waals surface area contributed by atoms with Crippen molar-refractivity contribution in [2.75, 3.05) is 13.2 Å². The molecule has 0 fully saturated rings. The van der Waals surface area contributed by atoms with E-state index in [0.29, 0.717) is 6.61 Å². The van der Waals surface area contributed by atoms with Crippen molar-refractivity contribution in [2.24, 2.45) is 0 Å². The first-order valence-electron chi connectivity index (χ1n) is 10.0. The van der Waals surface area contributed by atoms with Crippen LogP contribution in [0.2, 0.25) is 0 Å². The highest BCUT2D eigenvalue weighted by atomic mass is 79.9. The van der Waals surface area contributed by atoms with E-state index in [1.54, 1.807) is 0 Å². The van der Waals surface area contributed by atoms with Crippen molar-refractivity contribution in [3.63, 3.8) is 0 Å². The van der Waals surface area contributed by atoms with Crippen LogP contribution in [0.1, 0.15) is 35.1 Å². The normalized spacial score (nSPS) is 11.8. The molecule has 3 nitrogen and oxygen atoms in total. The minimum atomic E-state index is -0.447. The number of rotatable bonds is 4. The molecule has 0 aromatic heterocycles. The highest BCUT2D eigenvalue weighted by Gasteiger charge is 2.28. The molecule has 4 heteroatoms. The first kappa shape index (κ1) is 20.3. The summed E-state index contributed by atoms with van der Waals surface area (Å²) in [6.45, 7) is 2.65. The number of ether oxygens (including phenoxy) is 1. The van der Waals surface area contributed by atoms with Gasteiger partial charge in [0.2, 0.25) is 0 Å². The van der Waals surface area contributed by atoms with Gasteiger partial charge in [-0.3, -0.25) is 0 Å². The van der Waals surface area contributed by atoms with Gasteiger partial charge in [0.1, 0.15) is 6.61 Å². The summed E-state index contributed by atoms with van der Waals surface area (Å²) in [4.78, 5) is 12.2. The molecular weight excluding hydrogens is 438 g/mol. The Morgan fingerprint density at radius 1 is 1.03 bits per heavy atom. The maximum absolute atomic E-state index is 12.2. The molecule has 1 N–H and O–H groups in total. The van der Waals surface area contributed by atoms with Gasteiger partial charge < -0.3 is 10.1 Å². The number of amides is 1. The first-order valence-corrected chi connectivity index (χ1v) is 10.8. The summed E-state index contributed by atoms with van der Waals surface area (Å²) in [7, 11) is 0. The van der Waals surface area contributed by atoms with Gasteiger partial charge in [-0.05, 0) is 52.4 Å². The number of alkyl carbamates (subject to hydrolysis) is 1. The highest BCUT2D eigenvalue weighted by Crippen LogP contribution is 2.44. The maximum Gasteiger partial charge on any atom is 0.407 e. The number of carbonyl (C=O) groups excluding carboxylic acids is 1. The fourth-order valence-electron chi connectivity index (χ4n) is 3.88. The Labute approximate surface area is 185 Å². The second-order valence-electron chi connectivity index (χ2n) is 7.14. The second-order valence-corrected chi connectivity index (χ2v) is 8.05. The van der Waals surface area contributed by atoms with Crippen LogP contribution in [0, 0.1) is 11.8 Å². The summed E-state index contributed by atoms with van der Waals surface area (Å²) in [6, 6.07) is 22.6. The van der Waals surface area contributed by atoms with Gasteiger partial charge in [-0.2, -0.15) is 0 Å². The van der Waals surface area contributed by atoms with Crippen LogP contribution < -0.4 is 5.32 Å². The van der Waals surface area contributed by atoms with Crippen molar-refractivity contribution in [3.8, 4) is 23.0 Å². The minimum Gasteiger partial charge on any atom is -0.449 e. The zero-order valence-corrected chi connectivity index (χ0v) is 18.3. The largest absolute Gasteiger partial charge is 0.449 e. The fourth-order valence-corrected chi connectivity index (χ4v) is 4.29. The molecule has 0 unspecified atom stereocenters. The molecular formula is C26H22BrNO2. The number of aryl methyl sites for hydroxylation is 1. The van der Waals surface area contributed by atoms with Crippen LogP contribution in [0.5, 0.6) is 0 Å². The van der Waals surface area contributed by atoms with Crippen LogP contribution in [0.3, 0.4) is 0 Å². The fraction of sp³-hybridized carbons (Fsp3) is 0.192. The molecule has 0 spiro atoms. The van der Waals surface area contributed by atoms with Crippen molar-refractivity contribution in [1.29, 1.82) is 0 Å². The zero-order valence-electron chi connectivity index (χ0n) is 16.7. The summed E-state index contributed by atoms with van der Waals surface area (Å²) < 4.78 is 6.57. The Kier molecular flexibility index (Phi) is 6.21. The number of halogens is 1. The Hall–Kier alpha value is -3.03. The quantitative estimate of drug-likeness (QED) is 0.493. The molecule has 3 aromatic carbocycles. The number of fused-ring (bicyclic) bond motifs is 3. The molecule has 0 atom stereocenters. The molecule has 1 aliphatic carbocycles. The monoisotopic (exact) mass is 459 g/mol. The lowest BCUT2D eigenvalue weighted by Crippen LogP contribution is -2.26. The van der Waals surface area contributed by atoms with Crippen LogP contribution in [0.4, 0.5) is 4.79 Å². The van der Waals surface area contributed by atoms with Crippen molar-refractivity contribution in [3.05, 3.63) is 93.5 Å². The van der Waals surface area contributed by atoms with Crippen LogP contribution in [0.15, 0.2) is 71.2 Å². The summed E-state index contributed by atoms with van der Waals surface area (Å²) in [5, 5.41) is 2.73. The number of hydrogen-bond donors (Lipinski definition) is 1. The van der Waals surface area contributed by atoms with Crippen LogP contribution in [-0.4, -0.2) is 19.2 Å². The lowest BCUT2D eigenvalue weighted by atomic mass is 9.98. The number of hydrogen-bond acceptors (Lipinski definition) is 2. The Morgan fingerprint density at radius 3 is 2.37 bits per heavy atom. The average Bonchev–Trinajstić information content (AvgIpc) is 3.10. The maximum atomic E-state index is 12.2. The standard InChI is InChI=1S/C26H22BrNO2/c1-2-18-16-20(27)14-13-19(18)8-7-15-28-26(29)30-17-25-23-11-5-3-9-21(23)22-10-4-6-12-24(22)25/h3-6,9-14,16,25H,2,15,17H2,1H3,(H,28,29). The molecule has 0 heterocycles.